The van der Waals surface area contributed by atoms with Crippen LogP contribution < -0.4 is 5.32 Å². The van der Waals surface area contributed by atoms with Crippen molar-refractivity contribution in [3.63, 3.8) is 0 Å². The molecular formula is C18H36N2O. The van der Waals surface area contributed by atoms with E-state index in [0.29, 0.717) is 12.6 Å². The number of hydrogen-bond acceptors (Lipinski definition) is 3. The minimum atomic E-state index is 0.353. The maximum atomic E-state index is 9.09. The van der Waals surface area contributed by atoms with Crippen molar-refractivity contribution in [3.05, 3.63) is 0 Å². The Morgan fingerprint density at radius 1 is 1.10 bits per heavy atom. The van der Waals surface area contributed by atoms with E-state index in [-0.39, 0.29) is 0 Å². The first-order chi connectivity index (χ1) is 10.3. The van der Waals surface area contributed by atoms with Crippen LogP contribution in [0, 0.1) is 11.8 Å². The Morgan fingerprint density at radius 3 is 2.62 bits per heavy atom. The van der Waals surface area contributed by atoms with Gasteiger partial charge in [0.25, 0.3) is 0 Å². The molecule has 0 aromatic carbocycles. The molecule has 2 fully saturated rings. The molecule has 0 bridgehead atoms. The average Bonchev–Trinajstić information content (AvgIpc) is 3.02. The Kier molecular flexibility index (Phi) is 8.05. The quantitative estimate of drug-likeness (QED) is 0.686. The lowest BCUT2D eigenvalue weighted by molar-refractivity contribution is 0.126. The Morgan fingerprint density at radius 2 is 1.90 bits per heavy atom. The molecule has 1 heterocycles. The SMILES string of the molecule is CCCCN1CC(CCCO)CC(NCC2CCCC2)C1. The highest BCUT2D eigenvalue weighted by atomic mass is 16.2. The summed E-state index contributed by atoms with van der Waals surface area (Å²) in [5.41, 5.74) is 0. The monoisotopic (exact) mass is 296 g/mol. The molecule has 124 valence electrons. The lowest BCUT2D eigenvalue weighted by atomic mass is 9.90. The highest BCUT2D eigenvalue weighted by Crippen LogP contribution is 2.25. The molecule has 21 heavy (non-hydrogen) atoms. The van der Waals surface area contributed by atoms with Gasteiger partial charge in [-0.05, 0) is 63.5 Å². The number of aliphatic hydroxyl groups is 1. The van der Waals surface area contributed by atoms with Crippen LogP contribution in [0.15, 0.2) is 0 Å². The van der Waals surface area contributed by atoms with Gasteiger partial charge in [0.05, 0.1) is 0 Å². The van der Waals surface area contributed by atoms with Crippen molar-refractivity contribution < 1.29 is 5.11 Å². The first-order valence-corrected chi connectivity index (χ1v) is 9.38. The maximum Gasteiger partial charge on any atom is 0.0431 e. The third kappa shape index (κ3) is 6.25. The van der Waals surface area contributed by atoms with Crippen molar-refractivity contribution in [1.82, 2.24) is 10.2 Å². The summed E-state index contributed by atoms with van der Waals surface area (Å²) in [5.74, 6) is 1.72. The van der Waals surface area contributed by atoms with Gasteiger partial charge in [-0.2, -0.15) is 0 Å². The standard InChI is InChI=1S/C18H36N2O/c1-2-3-10-20-14-17(9-6-11-21)12-18(15-20)19-13-16-7-4-5-8-16/h16-19,21H,2-15H2,1H3. The van der Waals surface area contributed by atoms with Gasteiger partial charge in [-0.25, -0.2) is 0 Å². The maximum absolute atomic E-state index is 9.09. The van der Waals surface area contributed by atoms with Crippen molar-refractivity contribution >= 4 is 0 Å². The summed E-state index contributed by atoms with van der Waals surface area (Å²) in [6, 6.07) is 0.680. The molecule has 2 unspecified atom stereocenters. The molecule has 2 N–H and O–H groups in total. The average molecular weight is 296 g/mol. The van der Waals surface area contributed by atoms with E-state index in [1.165, 1.54) is 77.5 Å². The Hall–Kier alpha value is -0.120. The fourth-order valence-corrected chi connectivity index (χ4v) is 4.15. The molecule has 3 heteroatoms. The predicted molar refractivity (Wildman–Crippen MR) is 89.5 cm³/mol. The lowest BCUT2D eigenvalue weighted by Crippen LogP contribution is -2.50. The van der Waals surface area contributed by atoms with Gasteiger partial charge in [0.2, 0.25) is 0 Å². The molecule has 0 radical (unpaired) electrons. The summed E-state index contributed by atoms with van der Waals surface area (Å²) < 4.78 is 0. The second-order valence-electron chi connectivity index (χ2n) is 7.34. The molecule has 1 aliphatic heterocycles. The van der Waals surface area contributed by atoms with Gasteiger partial charge in [-0.1, -0.05) is 26.2 Å². The van der Waals surface area contributed by atoms with Gasteiger partial charge in [0.15, 0.2) is 0 Å². The third-order valence-corrected chi connectivity index (χ3v) is 5.38. The smallest absolute Gasteiger partial charge is 0.0431 e. The fraction of sp³-hybridized carbons (Fsp3) is 1.00. The number of nitrogens with zero attached hydrogens (tertiary/aromatic N) is 1. The molecule has 1 saturated heterocycles. The van der Waals surface area contributed by atoms with Gasteiger partial charge < -0.3 is 15.3 Å². The molecular weight excluding hydrogens is 260 g/mol. The normalized spacial score (nSPS) is 28.3. The van der Waals surface area contributed by atoms with Crippen LogP contribution >= 0.6 is 0 Å². The van der Waals surface area contributed by atoms with Crippen LogP contribution in [0.1, 0.15) is 64.7 Å². The van der Waals surface area contributed by atoms with Crippen LogP contribution in [0.2, 0.25) is 0 Å². The van der Waals surface area contributed by atoms with E-state index < -0.39 is 0 Å². The Balaban J connectivity index is 1.76. The highest BCUT2D eigenvalue weighted by molar-refractivity contribution is 4.84. The zero-order chi connectivity index (χ0) is 14.9. The molecule has 0 amide bonds. The van der Waals surface area contributed by atoms with Crippen molar-refractivity contribution in [1.29, 1.82) is 0 Å². The summed E-state index contributed by atoms with van der Waals surface area (Å²) in [5, 5.41) is 13.0. The van der Waals surface area contributed by atoms with Gasteiger partial charge in [-0.3, -0.25) is 0 Å². The molecule has 3 nitrogen and oxygen atoms in total. The lowest BCUT2D eigenvalue weighted by Gasteiger charge is -2.38. The molecule has 2 aliphatic rings. The van der Waals surface area contributed by atoms with Crippen LogP contribution in [0.5, 0.6) is 0 Å². The van der Waals surface area contributed by atoms with Crippen molar-refractivity contribution in [2.45, 2.75) is 70.8 Å². The summed E-state index contributed by atoms with van der Waals surface area (Å²) in [7, 11) is 0. The molecule has 1 aliphatic carbocycles. The van der Waals surface area contributed by atoms with Crippen LogP contribution in [-0.2, 0) is 0 Å². The van der Waals surface area contributed by atoms with Gasteiger partial charge in [0.1, 0.15) is 0 Å². The molecule has 0 aromatic rings. The second kappa shape index (κ2) is 9.81. The van der Waals surface area contributed by atoms with Crippen LogP contribution in [-0.4, -0.2) is 48.8 Å². The van der Waals surface area contributed by atoms with Gasteiger partial charge >= 0.3 is 0 Å². The minimum absolute atomic E-state index is 0.353. The zero-order valence-corrected chi connectivity index (χ0v) is 14.0. The number of unbranched alkanes of at least 4 members (excludes halogenated alkanes) is 1. The minimum Gasteiger partial charge on any atom is -0.396 e. The zero-order valence-electron chi connectivity index (χ0n) is 14.0. The van der Waals surface area contributed by atoms with Crippen molar-refractivity contribution in [3.8, 4) is 0 Å². The van der Waals surface area contributed by atoms with Crippen LogP contribution in [0.3, 0.4) is 0 Å². The molecule has 0 spiro atoms. The Bertz CT molecular complexity index is 250. The van der Waals surface area contributed by atoms with E-state index in [1.807, 2.05) is 0 Å². The van der Waals surface area contributed by atoms with Crippen molar-refractivity contribution in [2.24, 2.45) is 11.8 Å². The number of piperidine rings is 1. The third-order valence-electron chi connectivity index (χ3n) is 5.38. The summed E-state index contributed by atoms with van der Waals surface area (Å²) >= 11 is 0. The van der Waals surface area contributed by atoms with E-state index >= 15 is 0 Å². The predicted octanol–water partition coefficient (Wildman–Crippen LogP) is 3.03. The van der Waals surface area contributed by atoms with E-state index in [0.717, 1.165) is 18.3 Å². The summed E-state index contributed by atoms with van der Waals surface area (Å²) in [6.07, 6.45) is 11.9. The summed E-state index contributed by atoms with van der Waals surface area (Å²) in [4.78, 5) is 2.67. The Labute approximate surface area is 131 Å². The highest BCUT2D eigenvalue weighted by Gasteiger charge is 2.27. The topological polar surface area (TPSA) is 35.5 Å². The van der Waals surface area contributed by atoms with Crippen molar-refractivity contribution in [2.75, 3.05) is 32.8 Å². The molecule has 2 atom stereocenters. The van der Waals surface area contributed by atoms with Gasteiger partial charge in [0, 0.05) is 25.7 Å². The first kappa shape index (κ1) is 17.2. The van der Waals surface area contributed by atoms with E-state index in [4.69, 9.17) is 5.11 Å². The number of rotatable bonds is 9. The first-order valence-electron chi connectivity index (χ1n) is 9.38. The molecule has 1 saturated carbocycles. The fourth-order valence-electron chi connectivity index (χ4n) is 4.15. The van der Waals surface area contributed by atoms with E-state index in [1.54, 1.807) is 0 Å². The van der Waals surface area contributed by atoms with Crippen LogP contribution in [0.4, 0.5) is 0 Å². The summed E-state index contributed by atoms with van der Waals surface area (Å²) in [6.45, 7) is 7.62. The molecule has 0 aromatic heterocycles. The number of hydrogen-bond donors (Lipinski definition) is 2. The number of aliphatic hydroxyl groups excluding tert-OH is 1. The largest absolute Gasteiger partial charge is 0.396 e. The van der Waals surface area contributed by atoms with E-state index in [9.17, 15) is 0 Å². The van der Waals surface area contributed by atoms with E-state index in [2.05, 4.69) is 17.1 Å². The number of nitrogens with one attached hydrogen (secondary N) is 1. The van der Waals surface area contributed by atoms with Gasteiger partial charge in [-0.15, -0.1) is 0 Å². The second-order valence-corrected chi connectivity index (χ2v) is 7.34. The van der Waals surface area contributed by atoms with Crippen LogP contribution in [0.25, 0.3) is 0 Å². The number of likely N-dealkylation sites (tertiary alicyclic amines) is 1. The molecule has 2 rings (SSSR count).